The molecule has 2 N–H and O–H groups in total. The predicted molar refractivity (Wildman–Crippen MR) is 117 cm³/mol. The van der Waals surface area contributed by atoms with Crippen LogP contribution in [0.25, 0.3) is 11.3 Å². The lowest BCUT2D eigenvalue weighted by molar-refractivity contribution is 0.0977. The number of rotatable bonds is 6. The van der Waals surface area contributed by atoms with E-state index in [2.05, 4.69) is 15.6 Å². The zero-order valence-corrected chi connectivity index (χ0v) is 17.6. The van der Waals surface area contributed by atoms with E-state index in [4.69, 9.17) is 26.4 Å². The van der Waals surface area contributed by atoms with Gasteiger partial charge in [-0.15, -0.1) is 11.3 Å². The van der Waals surface area contributed by atoms with Crippen LogP contribution in [-0.4, -0.2) is 37.3 Å². The molecule has 1 heterocycles. The molecular weight excluding hydrogens is 410 g/mol. The van der Waals surface area contributed by atoms with Crippen LogP contribution >= 0.6 is 23.6 Å². The van der Waals surface area contributed by atoms with Crippen LogP contribution in [-0.2, 0) is 0 Å². The Kier molecular flexibility index (Phi) is 6.63. The second-order valence-electron chi connectivity index (χ2n) is 5.74. The number of benzene rings is 2. The molecule has 29 heavy (non-hydrogen) atoms. The Morgan fingerprint density at radius 2 is 1.72 bits per heavy atom. The van der Waals surface area contributed by atoms with Gasteiger partial charge in [0, 0.05) is 16.5 Å². The molecule has 0 saturated heterocycles. The summed E-state index contributed by atoms with van der Waals surface area (Å²) in [5, 5.41) is 8.20. The van der Waals surface area contributed by atoms with Crippen molar-refractivity contribution in [3.63, 3.8) is 0 Å². The molecule has 0 bridgehead atoms. The second-order valence-corrected chi connectivity index (χ2v) is 7.01. The van der Waals surface area contributed by atoms with Gasteiger partial charge in [-0.3, -0.25) is 10.1 Å². The standard InChI is InChI=1S/C20H19N3O4S2/c1-25-14-7-4-12(5-8-14)15-11-29-20(21-15)23-19(28)22-18(24)13-6-9-16(26-2)17(10-13)27-3/h4-11H,1-3H3,(H2,21,22,23,24,28). The molecule has 0 aliphatic rings. The fourth-order valence-electron chi connectivity index (χ4n) is 2.51. The van der Waals surface area contributed by atoms with E-state index in [0.29, 0.717) is 22.2 Å². The molecule has 0 spiro atoms. The van der Waals surface area contributed by atoms with Gasteiger partial charge in [0.2, 0.25) is 0 Å². The Morgan fingerprint density at radius 3 is 2.38 bits per heavy atom. The first kappa shape index (κ1) is 20.6. The molecule has 7 nitrogen and oxygen atoms in total. The molecule has 0 aliphatic carbocycles. The summed E-state index contributed by atoms with van der Waals surface area (Å²) in [5.41, 5.74) is 2.15. The topological polar surface area (TPSA) is 81.7 Å². The number of nitrogens with zero attached hydrogens (tertiary/aromatic N) is 1. The quantitative estimate of drug-likeness (QED) is 0.574. The third-order valence-electron chi connectivity index (χ3n) is 3.98. The molecule has 0 fully saturated rings. The van der Waals surface area contributed by atoms with Crippen molar-refractivity contribution in [1.82, 2.24) is 10.3 Å². The Bertz CT molecular complexity index is 1020. The number of ether oxygens (including phenoxy) is 3. The summed E-state index contributed by atoms with van der Waals surface area (Å²) in [4.78, 5) is 16.9. The van der Waals surface area contributed by atoms with Crippen molar-refractivity contribution in [1.29, 1.82) is 0 Å². The van der Waals surface area contributed by atoms with Crippen molar-refractivity contribution in [3.8, 4) is 28.5 Å². The van der Waals surface area contributed by atoms with E-state index in [9.17, 15) is 4.79 Å². The highest BCUT2D eigenvalue weighted by atomic mass is 32.1. The molecule has 0 atom stereocenters. The van der Waals surface area contributed by atoms with Crippen molar-refractivity contribution in [2.24, 2.45) is 0 Å². The largest absolute Gasteiger partial charge is 0.497 e. The third kappa shape index (κ3) is 5.01. The zero-order chi connectivity index (χ0) is 20.8. The lowest BCUT2D eigenvalue weighted by atomic mass is 10.2. The van der Waals surface area contributed by atoms with Crippen LogP contribution in [0.3, 0.4) is 0 Å². The van der Waals surface area contributed by atoms with E-state index >= 15 is 0 Å². The van der Waals surface area contributed by atoms with E-state index < -0.39 is 0 Å². The summed E-state index contributed by atoms with van der Waals surface area (Å²) in [6.45, 7) is 0. The highest BCUT2D eigenvalue weighted by Crippen LogP contribution is 2.28. The van der Waals surface area contributed by atoms with Crippen molar-refractivity contribution in [3.05, 3.63) is 53.4 Å². The predicted octanol–water partition coefficient (Wildman–Crippen LogP) is 3.96. The fraction of sp³-hybridized carbons (Fsp3) is 0.150. The SMILES string of the molecule is COc1ccc(-c2csc(NC(=S)NC(=O)c3ccc(OC)c(OC)c3)n2)cc1. The summed E-state index contributed by atoms with van der Waals surface area (Å²) in [6.07, 6.45) is 0. The molecule has 3 rings (SSSR count). The fourth-order valence-corrected chi connectivity index (χ4v) is 3.48. The molecule has 0 saturated carbocycles. The first-order chi connectivity index (χ1) is 14.0. The number of thiocarbonyl (C=S) groups is 1. The van der Waals surface area contributed by atoms with Gasteiger partial charge in [0.15, 0.2) is 21.7 Å². The van der Waals surface area contributed by atoms with Crippen LogP contribution in [0.5, 0.6) is 17.2 Å². The van der Waals surface area contributed by atoms with Crippen LogP contribution in [0.15, 0.2) is 47.8 Å². The average molecular weight is 430 g/mol. The van der Waals surface area contributed by atoms with Crippen LogP contribution in [0.1, 0.15) is 10.4 Å². The van der Waals surface area contributed by atoms with Gasteiger partial charge in [0.1, 0.15) is 5.75 Å². The first-order valence-corrected chi connectivity index (χ1v) is 9.77. The Balaban J connectivity index is 1.63. The number of carbonyl (C=O) groups excluding carboxylic acids is 1. The average Bonchev–Trinajstić information content (AvgIpc) is 3.21. The number of carbonyl (C=O) groups is 1. The molecule has 1 amide bonds. The van der Waals surface area contributed by atoms with Crippen LogP contribution in [0, 0.1) is 0 Å². The molecule has 1 aromatic heterocycles. The number of thiazole rings is 1. The maximum atomic E-state index is 12.4. The van der Waals surface area contributed by atoms with Crippen LogP contribution in [0.2, 0.25) is 0 Å². The summed E-state index contributed by atoms with van der Waals surface area (Å²) >= 11 is 6.62. The smallest absolute Gasteiger partial charge is 0.257 e. The number of aromatic nitrogens is 1. The highest BCUT2D eigenvalue weighted by molar-refractivity contribution is 7.80. The van der Waals surface area contributed by atoms with Crippen molar-refractivity contribution in [2.45, 2.75) is 0 Å². The van der Waals surface area contributed by atoms with Gasteiger partial charge in [-0.2, -0.15) is 0 Å². The second kappa shape index (κ2) is 9.35. The molecule has 9 heteroatoms. The van der Waals surface area contributed by atoms with E-state index in [-0.39, 0.29) is 11.0 Å². The van der Waals surface area contributed by atoms with Gasteiger partial charge in [-0.05, 0) is 54.7 Å². The summed E-state index contributed by atoms with van der Waals surface area (Å²) in [6, 6.07) is 12.5. The number of anilines is 1. The highest BCUT2D eigenvalue weighted by Gasteiger charge is 2.13. The molecule has 2 aromatic carbocycles. The van der Waals surface area contributed by atoms with Gasteiger partial charge in [-0.25, -0.2) is 4.98 Å². The van der Waals surface area contributed by atoms with Gasteiger partial charge in [0.05, 0.1) is 27.0 Å². The lowest BCUT2D eigenvalue weighted by Crippen LogP contribution is -2.34. The minimum Gasteiger partial charge on any atom is -0.497 e. The lowest BCUT2D eigenvalue weighted by Gasteiger charge is -2.10. The van der Waals surface area contributed by atoms with Crippen molar-refractivity contribution < 1.29 is 19.0 Å². The van der Waals surface area contributed by atoms with Gasteiger partial charge >= 0.3 is 0 Å². The van der Waals surface area contributed by atoms with Gasteiger partial charge in [-0.1, -0.05) is 0 Å². The molecule has 0 radical (unpaired) electrons. The molecule has 0 aliphatic heterocycles. The molecule has 3 aromatic rings. The monoisotopic (exact) mass is 429 g/mol. The first-order valence-electron chi connectivity index (χ1n) is 8.48. The molecule has 0 unspecified atom stereocenters. The number of hydrogen-bond acceptors (Lipinski definition) is 7. The summed E-state index contributed by atoms with van der Waals surface area (Å²) in [7, 11) is 4.66. The van der Waals surface area contributed by atoms with Crippen LogP contribution in [0.4, 0.5) is 5.13 Å². The van der Waals surface area contributed by atoms with Crippen molar-refractivity contribution >= 4 is 39.7 Å². The Labute approximate surface area is 177 Å². The minimum atomic E-state index is -0.365. The number of amides is 1. The Hall–Kier alpha value is -3.17. The molecular formula is C20H19N3O4S2. The van der Waals surface area contributed by atoms with Gasteiger partial charge < -0.3 is 19.5 Å². The third-order valence-corrected chi connectivity index (χ3v) is 4.95. The number of hydrogen-bond donors (Lipinski definition) is 2. The van der Waals surface area contributed by atoms with Crippen molar-refractivity contribution in [2.75, 3.05) is 26.6 Å². The van der Waals surface area contributed by atoms with E-state index in [1.54, 1.807) is 25.3 Å². The van der Waals surface area contributed by atoms with Gasteiger partial charge in [0.25, 0.3) is 5.91 Å². The number of methoxy groups -OCH3 is 3. The number of nitrogens with one attached hydrogen (secondary N) is 2. The maximum absolute atomic E-state index is 12.4. The van der Waals surface area contributed by atoms with E-state index in [0.717, 1.165) is 17.0 Å². The van der Waals surface area contributed by atoms with E-state index in [1.165, 1.54) is 25.6 Å². The summed E-state index contributed by atoms with van der Waals surface area (Å²) < 4.78 is 15.6. The zero-order valence-electron chi connectivity index (χ0n) is 16.0. The summed E-state index contributed by atoms with van der Waals surface area (Å²) in [5.74, 6) is 1.42. The minimum absolute atomic E-state index is 0.153. The molecule has 150 valence electrons. The maximum Gasteiger partial charge on any atom is 0.257 e. The van der Waals surface area contributed by atoms with E-state index in [1.807, 2.05) is 29.6 Å². The normalized spacial score (nSPS) is 10.2. The Morgan fingerprint density at radius 1 is 1.00 bits per heavy atom. The van der Waals surface area contributed by atoms with Crippen LogP contribution < -0.4 is 24.8 Å².